The first-order valence-corrected chi connectivity index (χ1v) is 14.1. The Labute approximate surface area is 209 Å². The van der Waals surface area contributed by atoms with Crippen LogP contribution in [0.15, 0.2) is 24.3 Å². The van der Waals surface area contributed by atoms with Gasteiger partial charge in [0.15, 0.2) is 0 Å². The van der Waals surface area contributed by atoms with Gasteiger partial charge < -0.3 is 19.7 Å². The summed E-state index contributed by atoms with van der Waals surface area (Å²) in [5, 5.41) is 18.5. The van der Waals surface area contributed by atoms with Crippen LogP contribution in [0.3, 0.4) is 0 Å². The SMILES string of the molecule is CCCCCC1CCC(c2ccc(OCCCCCCCCOCC(C)(CO)CO)cc2)CC1. The van der Waals surface area contributed by atoms with Gasteiger partial charge in [-0.1, -0.05) is 77.3 Å². The zero-order valence-corrected chi connectivity index (χ0v) is 22.1. The van der Waals surface area contributed by atoms with Gasteiger partial charge in [0, 0.05) is 12.0 Å². The van der Waals surface area contributed by atoms with E-state index >= 15 is 0 Å². The smallest absolute Gasteiger partial charge is 0.119 e. The van der Waals surface area contributed by atoms with Gasteiger partial charge in [-0.15, -0.1) is 0 Å². The quantitative estimate of drug-likeness (QED) is 0.206. The van der Waals surface area contributed by atoms with E-state index in [-0.39, 0.29) is 13.2 Å². The van der Waals surface area contributed by atoms with Crippen LogP contribution in [0.5, 0.6) is 5.75 Å². The summed E-state index contributed by atoms with van der Waals surface area (Å²) in [5.74, 6) is 2.72. The van der Waals surface area contributed by atoms with Crippen molar-refractivity contribution in [2.24, 2.45) is 11.3 Å². The molecular weight excluding hydrogens is 424 g/mol. The molecule has 0 amide bonds. The number of hydrogen-bond acceptors (Lipinski definition) is 4. The van der Waals surface area contributed by atoms with Crippen LogP contribution in [0.2, 0.25) is 0 Å². The number of aliphatic hydroxyl groups excluding tert-OH is 2. The molecule has 2 rings (SSSR count). The van der Waals surface area contributed by atoms with E-state index in [1.54, 1.807) is 0 Å². The monoisotopic (exact) mass is 476 g/mol. The molecule has 0 spiro atoms. The minimum atomic E-state index is -0.520. The third-order valence-corrected chi connectivity index (χ3v) is 7.58. The zero-order valence-electron chi connectivity index (χ0n) is 22.1. The minimum Gasteiger partial charge on any atom is -0.494 e. The Balaban J connectivity index is 1.46. The van der Waals surface area contributed by atoms with Crippen molar-refractivity contribution in [3.8, 4) is 5.75 Å². The van der Waals surface area contributed by atoms with Crippen molar-refractivity contribution in [1.82, 2.24) is 0 Å². The predicted octanol–water partition coefficient (Wildman–Crippen LogP) is 7.27. The van der Waals surface area contributed by atoms with Crippen LogP contribution in [0.25, 0.3) is 0 Å². The summed E-state index contributed by atoms with van der Waals surface area (Å²) in [4.78, 5) is 0. The second-order valence-corrected chi connectivity index (χ2v) is 10.9. The molecule has 1 aliphatic carbocycles. The Morgan fingerprint density at radius 2 is 1.41 bits per heavy atom. The summed E-state index contributed by atoms with van der Waals surface area (Å²) >= 11 is 0. The molecule has 1 aliphatic rings. The van der Waals surface area contributed by atoms with Crippen LogP contribution >= 0.6 is 0 Å². The van der Waals surface area contributed by atoms with E-state index in [1.165, 1.54) is 76.2 Å². The lowest BCUT2D eigenvalue weighted by atomic mass is 9.77. The lowest BCUT2D eigenvalue weighted by molar-refractivity contribution is -0.0169. The van der Waals surface area contributed by atoms with E-state index in [0.29, 0.717) is 13.2 Å². The molecule has 1 fully saturated rings. The number of aliphatic hydroxyl groups is 2. The van der Waals surface area contributed by atoms with Crippen LogP contribution in [0, 0.1) is 11.3 Å². The van der Waals surface area contributed by atoms with E-state index in [1.807, 2.05) is 6.92 Å². The van der Waals surface area contributed by atoms with Gasteiger partial charge >= 0.3 is 0 Å². The molecule has 0 unspecified atom stereocenters. The van der Waals surface area contributed by atoms with Crippen molar-refractivity contribution in [2.75, 3.05) is 33.0 Å². The van der Waals surface area contributed by atoms with Gasteiger partial charge in [-0.25, -0.2) is 0 Å². The Morgan fingerprint density at radius 3 is 2.03 bits per heavy atom. The summed E-state index contributed by atoms with van der Waals surface area (Å²) in [5.41, 5.74) is 0.980. The third-order valence-electron chi connectivity index (χ3n) is 7.58. The zero-order chi connectivity index (χ0) is 24.5. The molecule has 0 heterocycles. The van der Waals surface area contributed by atoms with E-state index in [0.717, 1.165) is 43.5 Å². The number of hydrogen-bond donors (Lipinski definition) is 2. The van der Waals surface area contributed by atoms with E-state index < -0.39 is 5.41 Å². The van der Waals surface area contributed by atoms with Gasteiger partial charge in [0.25, 0.3) is 0 Å². The average Bonchev–Trinajstić information content (AvgIpc) is 2.88. The molecule has 0 atom stereocenters. The van der Waals surface area contributed by atoms with E-state index in [9.17, 15) is 10.2 Å². The highest BCUT2D eigenvalue weighted by Crippen LogP contribution is 2.38. The second-order valence-electron chi connectivity index (χ2n) is 10.9. The van der Waals surface area contributed by atoms with Crippen LogP contribution in [0.1, 0.15) is 115 Å². The fourth-order valence-corrected chi connectivity index (χ4v) is 4.97. The third kappa shape index (κ3) is 11.6. The van der Waals surface area contributed by atoms with Crippen LogP contribution in [0.4, 0.5) is 0 Å². The molecule has 0 aromatic heterocycles. The Hall–Kier alpha value is -1.10. The highest BCUT2D eigenvalue weighted by Gasteiger charge is 2.23. The highest BCUT2D eigenvalue weighted by atomic mass is 16.5. The maximum Gasteiger partial charge on any atom is 0.119 e. The Morgan fingerprint density at radius 1 is 0.794 bits per heavy atom. The second kappa shape index (κ2) is 17.3. The maximum absolute atomic E-state index is 9.25. The standard InChI is InChI=1S/C30H52O4/c1-3-4-9-12-26-13-15-27(16-14-26)28-17-19-29(20-18-28)34-22-11-8-6-5-7-10-21-33-25-30(2,23-31)24-32/h17-20,26-27,31-32H,3-16,21-25H2,1-2H3. The molecule has 0 saturated heterocycles. The van der Waals surface area contributed by atoms with Crippen molar-refractivity contribution in [3.05, 3.63) is 29.8 Å². The molecule has 34 heavy (non-hydrogen) atoms. The lowest BCUT2D eigenvalue weighted by Gasteiger charge is -2.29. The van der Waals surface area contributed by atoms with Gasteiger partial charge in [0.2, 0.25) is 0 Å². The summed E-state index contributed by atoms with van der Waals surface area (Å²) in [6.45, 7) is 5.96. The lowest BCUT2D eigenvalue weighted by Crippen LogP contribution is -2.31. The number of unbranched alkanes of at least 4 members (excludes halogenated alkanes) is 7. The number of ether oxygens (including phenoxy) is 2. The first kappa shape index (κ1) is 29.1. The average molecular weight is 477 g/mol. The molecule has 0 bridgehead atoms. The van der Waals surface area contributed by atoms with Crippen molar-refractivity contribution in [2.45, 2.75) is 110 Å². The Kier molecular flexibility index (Phi) is 14.9. The molecule has 2 N–H and O–H groups in total. The summed E-state index contributed by atoms with van der Waals surface area (Å²) < 4.78 is 11.6. The summed E-state index contributed by atoms with van der Waals surface area (Å²) in [7, 11) is 0. The Bertz CT molecular complexity index is 603. The first-order chi connectivity index (χ1) is 16.6. The van der Waals surface area contributed by atoms with Gasteiger partial charge in [-0.05, 0) is 68.1 Å². The maximum atomic E-state index is 9.25. The summed E-state index contributed by atoms with van der Waals surface area (Å²) in [6.07, 6.45) is 18.1. The predicted molar refractivity (Wildman–Crippen MR) is 142 cm³/mol. The fourth-order valence-electron chi connectivity index (χ4n) is 4.97. The van der Waals surface area contributed by atoms with Crippen molar-refractivity contribution in [3.63, 3.8) is 0 Å². The van der Waals surface area contributed by atoms with Crippen molar-refractivity contribution < 1.29 is 19.7 Å². The molecule has 1 aromatic rings. The molecule has 1 aromatic carbocycles. The molecule has 0 aliphatic heterocycles. The van der Waals surface area contributed by atoms with E-state index in [2.05, 4.69) is 31.2 Å². The van der Waals surface area contributed by atoms with Gasteiger partial charge in [0.1, 0.15) is 5.75 Å². The largest absolute Gasteiger partial charge is 0.494 e. The normalized spacial score (nSPS) is 18.8. The molecule has 196 valence electrons. The van der Waals surface area contributed by atoms with Crippen LogP contribution in [-0.2, 0) is 4.74 Å². The topological polar surface area (TPSA) is 58.9 Å². The van der Waals surface area contributed by atoms with Gasteiger partial charge in [0.05, 0.1) is 26.4 Å². The van der Waals surface area contributed by atoms with Crippen molar-refractivity contribution in [1.29, 1.82) is 0 Å². The molecule has 4 nitrogen and oxygen atoms in total. The number of rotatable bonds is 19. The molecular formula is C30H52O4. The van der Waals surface area contributed by atoms with Gasteiger partial charge in [-0.3, -0.25) is 0 Å². The summed E-state index contributed by atoms with van der Waals surface area (Å²) in [6, 6.07) is 8.93. The van der Waals surface area contributed by atoms with Crippen LogP contribution < -0.4 is 4.74 Å². The van der Waals surface area contributed by atoms with E-state index in [4.69, 9.17) is 9.47 Å². The fraction of sp³-hybridized carbons (Fsp3) is 0.800. The minimum absolute atomic E-state index is 0.0458. The molecule has 1 saturated carbocycles. The van der Waals surface area contributed by atoms with Crippen LogP contribution in [-0.4, -0.2) is 43.2 Å². The van der Waals surface area contributed by atoms with Gasteiger partial charge in [-0.2, -0.15) is 0 Å². The molecule has 0 radical (unpaired) electrons. The molecule has 4 heteroatoms. The van der Waals surface area contributed by atoms with Crippen molar-refractivity contribution >= 4 is 0 Å². The first-order valence-electron chi connectivity index (χ1n) is 14.1. The number of benzene rings is 1. The highest BCUT2D eigenvalue weighted by molar-refractivity contribution is 5.29.